The number of nitrogens with one attached hydrogen (secondary N) is 1. The van der Waals surface area contributed by atoms with Gasteiger partial charge >= 0.3 is 6.36 Å². The van der Waals surface area contributed by atoms with E-state index in [9.17, 15) is 18.0 Å². The van der Waals surface area contributed by atoms with Crippen molar-refractivity contribution in [3.05, 3.63) is 27.5 Å². The fourth-order valence-corrected chi connectivity index (χ4v) is 1.14. The van der Waals surface area contributed by atoms with Crippen LogP contribution in [0.5, 0.6) is 5.88 Å². The summed E-state index contributed by atoms with van der Waals surface area (Å²) >= 11 is 0. The number of ether oxygens (including phenoxy) is 1. The van der Waals surface area contributed by atoms with Crippen LogP contribution in [0.25, 0.3) is 0 Å². The topological polar surface area (TPSA) is 65.9 Å². The van der Waals surface area contributed by atoms with Gasteiger partial charge < -0.3 is 4.74 Å². The quantitative estimate of drug-likeness (QED) is 0.842. The number of halogens is 3. The van der Waals surface area contributed by atoms with Crippen molar-refractivity contribution < 1.29 is 17.9 Å². The summed E-state index contributed by atoms with van der Waals surface area (Å²) in [7, 11) is 0. The number of aromatic nitrogens is 1. The first-order chi connectivity index (χ1) is 7.33. The van der Waals surface area contributed by atoms with Crippen molar-refractivity contribution in [3.8, 4) is 11.9 Å². The Morgan fingerprint density at radius 1 is 1.56 bits per heavy atom. The second-order valence-corrected chi connectivity index (χ2v) is 3.00. The average Bonchev–Trinajstić information content (AvgIpc) is 2.11. The van der Waals surface area contributed by atoms with Gasteiger partial charge in [0.15, 0.2) is 0 Å². The molecule has 0 aliphatic heterocycles. The Labute approximate surface area is 88.3 Å². The minimum Gasteiger partial charge on any atom is -0.390 e. The largest absolute Gasteiger partial charge is 0.574 e. The van der Waals surface area contributed by atoms with Crippen molar-refractivity contribution in [3.63, 3.8) is 0 Å². The molecule has 86 valence electrons. The molecular weight excluding hydrogens is 225 g/mol. The van der Waals surface area contributed by atoms with Gasteiger partial charge in [-0.05, 0) is 12.5 Å². The van der Waals surface area contributed by atoms with E-state index in [2.05, 4.69) is 4.74 Å². The SMILES string of the molecule is Cc1c(CC#N)cc(=O)[nH]c1OC(F)(F)F. The van der Waals surface area contributed by atoms with Gasteiger partial charge in [-0.25, -0.2) is 0 Å². The fourth-order valence-electron chi connectivity index (χ4n) is 1.14. The second kappa shape index (κ2) is 4.26. The van der Waals surface area contributed by atoms with E-state index in [1.807, 2.05) is 4.98 Å². The maximum atomic E-state index is 12.0. The van der Waals surface area contributed by atoms with Crippen LogP contribution in [-0.4, -0.2) is 11.3 Å². The number of H-pyrrole nitrogens is 1. The highest BCUT2D eigenvalue weighted by Crippen LogP contribution is 2.24. The van der Waals surface area contributed by atoms with E-state index < -0.39 is 17.8 Å². The molecule has 0 unspecified atom stereocenters. The maximum absolute atomic E-state index is 12.0. The predicted octanol–water partition coefficient (Wildman–Crippen LogP) is 1.65. The number of nitriles is 1. The van der Waals surface area contributed by atoms with E-state index in [1.165, 1.54) is 6.92 Å². The van der Waals surface area contributed by atoms with Gasteiger partial charge in [-0.15, -0.1) is 13.2 Å². The Morgan fingerprint density at radius 2 is 2.19 bits per heavy atom. The van der Waals surface area contributed by atoms with Gasteiger partial charge in [-0.3, -0.25) is 9.78 Å². The molecule has 1 aromatic heterocycles. The third kappa shape index (κ3) is 3.02. The molecule has 0 fully saturated rings. The first-order valence-corrected chi connectivity index (χ1v) is 4.19. The first-order valence-electron chi connectivity index (χ1n) is 4.19. The van der Waals surface area contributed by atoms with Gasteiger partial charge in [0.05, 0.1) is 12.5 Å². The molecule has 0 aromatic carbocycles. The smallest absolute Gasteiger partial charge is 0.390 e. The third-order valence-corrected chi connectivity index (χ3v) is 1.85. The van der Waals surface area contributed by atoms with Crippen LogP contribution >= 0.6 is 0 Å². The number of alkyl halides is 3. The van der Waals surface area contributed by atoms with Crippen molar-refractivity contribution in [2.45, 2.75) is 19.7 Å². The minimum absolute atomic E-state index is 0.0958. The minimum atomic E-state index is -4.88. The monoisotopic (exact) mass is 232 g/mol. The molecular formula is C9H7F3N2O2. The molecule has 1 heterocycles. The normalized spacial score (nSPS) is 10.9. The number of hydrogen-bond donors (Lipinski definition) is 1. The lowest BCUT2D eigenvalue weighted by Gasteiger charge is -2.12. The number of pyridine rings is 1. The van der Waals surface area contributed by atoms with Gasteiger partial charge in [-0.1, -0.05) is 0 Å². The van der Waals surface area contributed by atoms with Crippen LogP contribution in [0.1, 0.15) is 11.1 Å². The molecule has 0 bridgehead atoms. The van der Waals surface area contributed by atoms with Crippen molar-refractivity contribution in [1.82, 2.24) is 4.98 Å². The van der Waals surface area contributed by atoms with E-state index in [4.69, 9.17) is 5.26 Å². The Hall–Kier alpha value is -1.97. The molecule has 7 heteroatoms. The molecule has 1 rings (SSSR count). The van der Waals surface area contributed by atoms with Crippen LogP contribution in [-0.2, 0) is 6.42 Å². The summed E-state index contributed by atoms with van der Waals surface area (Å²) in [5, 5.41) is 8.43. The molecule has 0 spiro atoms. The molecule has 0 saturated heterocycles. The molecule has 1 aromatic rings. The van der Waals surface area contributed by atoms with Crippen LogP contribution in [0.4, 0.5) is 13.2 Å². The predicted molar refractivity (Wildman–Crippen MR) is 47.8 cm³/mol. The molecule has 0 radical (unpaired) electrons. The lowest BCUT2D eigenvalue weighted by molar-refractivity contribution is -0.276. The van der Waals surface area contributed by atoms with Crippen LogP contribution < -0.4 is 10.3 Å². The molecule has 0 amide bonds. The van der Waals surface area contributed by atoms with Gasteiger partial charge in [-0.2, -0.15) is 5.26 Å². The summed E-state index contributed by atoms with van der Waals surface area (Å²) < 4.78 is 39.5. The van der Waals surface area contributed by atoms with Crippen LogP contribution in [0.2, 0.25) is 0 Å². The molecule has 16 heavy (non-hydrogen) atoms. The Balaban J connectivity index is 3.20. The van der Waals surface area contributed by atoms with E-state index in [0.717, 1.165) is 6.07 Å². The Morgan fingerprint density at radius 3 is 2.69 bits per heavy atom. The zero-order valence-electron chi connectivity index (χ0n) is 8.18. The van der Waals surface area contributed by atoms with Crippen molar-refractivity contribution in [1.29, 1.82) is 5.26 Å². The Bertz CT molecular complexity index is 485. The summed E-state index contributed by atoms with van der Waals surface area (Å²) in [4.78, 5) is 12.9. The lowest BCUT2D eigenvalue weighted by atomic mass is 10.1. The van der Waals surface area contributed by atoms with E-state index in [-0.39, 0.29) is 17.5 Å². The van der Waals surface area contributed by atoms with Crippen LogP contribution in [0.3, 0.4) is 0 Å². The Kier molecular flexibility index (Phi) is 3.22. The average molecular weight is 232 g/mol. The maximum Gasteiger partial charge on any atom is 0.574 e. The lowest BCUT2D eigenvalue weighted by Crippen LogP contribution is -2.21. The molecule has 1 N–H and O–H groups in total. The standard InChI is InChI=1S/C9H7F3N2O2/c1-5-6(2-3-13)4-7(15)14-8(5)16-9(10,11)12/h4H,2H2,1H3,(H,14,15). The molecule has 0 aliphatic carbocycles. The zero-order chi connectivity index (χ0) is 12.3. The van der Waals surface area contributed by atoms with Gasteiger partial charge in [0, 0.05) is 11.6 Å². The fraction of sp³-hybridized carbons (Fsp3) is 0.333. The summed E-state index contributed by atoms with van der Waals surface area (Å²) in [6.07, 6.45) is -5.02. The third-order valence-electron chi connectivity index (χ3n) is 1.85. The highest BCUT2D eigenvalue weighted by atomic mass is 19.4. The van der Waals surface area contributed by atoms with Crippen LogP contribution in [0.15, 0.2) is 10.9 Å². The number of aromatic amines is 1. The zero-order valence-corrected chi connectivity index (χ0v) is 8.18. The summed E-state index contributed by atoms with van der Waals surface area (Å²) in [6.45, 7) is 1.34. The van der Waals surface area contributed by atoms with Crippen molar-refractivity contribution >= 4 is 0 Å². The van der Waals surface area contributed by atoms with E-state index in [1.54, 1.807) is 6.07 Å². The second-order valence-electron chi connectivity index (χ2n) is 3.00. The summed E-state index contributed by atoms with van der Waals surface area (Å²) in [5.41, 5.74) is -0.431. The summed E-state index contributed by atoms with van der Waals surface area (Å²) in [6, 6.07) is 2.82. The summed E-state index contributed by atoms with van der Waals surface area (Å²) in [5.74, 6) is -0.676. The van der Waals surface area contributed by atoms with Gasteiger partial charge in [0.25, 0.3) is 5.56 Å². The molecule has 4 nitrogen and oxygen atoms in total. The molecule has 0 atom stereocenters. The van der Waals surface area contributed by atoms with E-state index in [0.29, 0.717) is 0 Å². The highest BCUT2D eigenvalue weighted by molar-refractivity contribution is 5.34. The van der Waals surface area contributed by atoms with Crippen molar-refractivity contribution in [2.75, 3.05) is 0 Å². The first kappa shape index (κ1) is 12.1. The molecule has 0 aliphatic rings. The number of hydrogen-bond acceptors (Lipinski definition) is 3. The van der Waals surface area contributed by atoms with E-state index >= 15 is 0 Å². The molecule has 0 saturated carbocycles. The van der Waals surface area contributed by atoms with Gasteiger partial charge in [0.2, 0.25) is 5.88 Å². The van der Waals surface area contributed by atoms with Crippen LogP contribution in [0, 0.1) is 18.3 Å². The number of rotatable bonds is 2. The number of nitrogens with zero attached hydrogens (tertiary/aromatic N) is 1. The van der Waals surface area contributed by atoms with Gasteiger partial charge in [0.1, 0.15) is 0 Å². The highest BCUT2D eigenvalue weighted by Gasteiger charge is 2.32. The van der Waals surface area contributed by atoms with Crippen molar-refractivity contribution in [2.24, 2.45) is 0 Å².